The van der Waals surface area contributed by atoms with Crippen LogP contribution in [0.2, 0.25) is 0 Å². The Hall–Kier alpha value is -1.00. The van der Waals surface area contributed by atoms with E-state index >= 15 is 0 Å². The minimum absolute atomic E-state index is 0.101. The molecule has 0 aliphatic heterocycles. The second-order valence-corrected chi connectivity index (χ2v) is 2.82. The van der Waals surface area contributed by atoms with E-state index < -0.39 is 12.0 Å². The van der Waals surface area contributed by atoms with Crippen molar-refractivity contribution in [3.8, 4) is 0 Å². The van der Waals surface area contributed by atoms with Crippen molar-refractivity contribution in [1.82, 2.24) is 15.0 Å². The van der Waals surface area contributed by atoms with E-state index in [0.717, 1.165) is 0 Å². The Labute approximate surface area is 62.0 Å². The van der Waals surface area contributed by atoms with Gasteiger partial charge in [0.25, 0.3) is 5.92 Å². The molecule has 1 unspecified atom stereocenters. The molecule has 1 aromatic rings. The van der Waals surface area contributed by atoms with Gasteiger partial charge in [0.05, 0.1) is 5.69 Å². The first kappa shape index (κ1) is 6.69. The number of nitrogens with zero attached hydrogens (tertiary/aromatic N) is 3. The zero-order chi connectivity index (χ0) is 8.06. The largest absolute Gasteiger partial charge is 0.272 e. The minimum atomic E-state index is -2.56. The van der Waals surface area contributed by atoms with Crippen molar-refractivity contribution < 1.29 is 8.78 Å². The van der Waals surface area contributed by atoms with Crippen molar-refractivity contribution in [3.05, 3.63) is 11.9 Å². The number of hydrogen-bond donors (Lipinski definition) is 0. The molecule has 3 nitrogen and oxygen atoms in total. The zero-order valence-electron chi connectivity index (χ0n) is 5.96. The summed E-state index contributed by atoms with van der Waals surface area (Å²) in [4.78, 5) is 0. The van der Waals surface area contributed by atoms with Gasteiger partial charge in [0.2, 0.25) is 0 Å². The molecule has 1 aliphatic rings. The Morgan fingerprint density at radius 1 is 1.73 bits per heavy atom. The Kier molecular flexibility index (Phi) is 1.08. The molecule has 1 atom stereocenters. The zero-order valence-corrected chi connectivity index (χ0v) is 5.96. The van der Waals surface area contributed by atoms with Gasteiger partial charge in [-0.15, -0.1) is 5.10 Å². The van der Waals surface area contributed by atoms with Gasteiger partial charge in [0, 0.05) is 12.6 Å². The molecule has 0 spiro atoms. The van der Waals surface area contributed by atoms with Crippen LogP contribution in [0.1, 0.15) is 18.2 Å². The first-order valence-electron chi connectivity index (χ1n) is 3.36. The van der Waals surface area contributed by atoms with Gasteiger partial charge < -0.3 is 0 Å². The normalized spacial score (nSPS) is 27.0. The summed E-state index contributed by atoms with van der Waals surface area (Å²) in [5.74, 6) is -2.56. The Morgan fingerprint density at radius 2 is 2.36 bits per heavy atom. The van der Waals surface area contributed by atoms with Gasteiger partial charge in [0.1, 0.15) is 6.04 Å². The van der Waals surface area contributed by atoms with Gasteiger partial charge in [-0.3, -0.25) is 0 Å². The average molecular weight is 159 g/mol. The number of aryl methyl sites for hydroxylation is 1. The minimum Gasteiger partial charge on any atom is -0.243 e. The standard InChI is InChI=1S/C6H7F2N3/c1-4-3-11(10-9-4)5-2-6(5,7)8/h3,5H,2H2,1H3. The summed E-state index contributed by atoms with van der Waals surface area (Å²) < 4.78 is 26.0. The van der Waals surface area contributed by atoms with Crippen molar-refractivity contribution >= 4 is 0 Å². The highest BCUT2D eigenvalue weighted by atomic mass is 19.3. The first-order chi connectivity index (χ1) is 5.09. The molecule has 0 bridgehead atoms. The van der Waals surface area contributed by atoms with Crippen LogP contribution in [-0.4, -0.2) is 20.9 Å². The van der Waals surface area contributed by atoms with E-state index in [0.29, 0.717) is 5.69 Å². The maximum Gasteiger partial charge on any atom is 0.272 e. The number of hydrogen-bond acceptors (Lipinski definition) is 2. The lowest BCUT2D eigenvalue weighted by atomic mass is 10.5. The molecule has 0 radical (unpaired) electrons. The summed E-state index contributed by atoms with van der Waals surface area (Å²) in [7, 11) is 0. The number of alkyl halides is 2. The number of rotatable bonds is 1. The maximum atomic E-state index is 12.4. The Morgan fingerprint density at radius 3 is 2.73 bits per heavy atom. The molecule has 5 heteroatoms. The second kappa shape index (κ2) is 1.78. The molecule has 1 fully saturated rings. The molecular weight excluding hydrogens is 152 g/mol. The Balaban J connectivity index is 2.20. The molecule has 1 saturated carbocycles. The summed E-state index contributed by atoms with van der Waals surface area (Å²) in [6, 6.07) is -0.747. The van der Waals surface area contributed by atoms with Crippen molar-refractivity contribution in [3.63, 3.8) is 0 Å². The monoisotopic (exact) mass is 159 g/mol. The molecule has 11 heavy (non-hydrogen) atoms. The molecule has 60 valence electrons. The molecular formula is C6H7F2N3. The highest BCUT2D eigenvalue weighted by Crippen LogP contribution is 2.51. The lowest BCUT2D eigenvalue weighted by molar-refractivity contribution is 0.0979. The summed E-state index contributed by atoms with van der Waals surface area (Å²) in [5, 5.41) is 7.18. The molecule has 0 saturated heterocycles. The van der Waals surface area contributed by atoms with Gasteiger partial charge in [-0.2, -0.15) is 0 Å². The van der Waals surface area contributed by atoms with Gasteiger partial charge in [-0.25, -0.2) is 13.5 Å². The van der Waals surface area contributed by atoms with E-state index in [1.54, 1.807) is 6.92 Å². The summed E-state index contributed by atoms with van der Waals surface area (Å²) >= 11 is 0. The molecule has 1 aromatic heterocycles. The van der Waals surface area contributed by atoms with E-state index in [-0.39, 0.29) is 6.42 Å². The molecule has 0 amide bonds. The van der Waals surface area contributed by atoms with Crippen molar-refractivity contribution in [2.24, 2.45) is 0 Å². The fourth-order valence-electron chi connectivity index (χ4n) is 1.00. The maximum absolute atomic E-state index is 12.4. The smallest absolute Gasteiger partial charge is 0.243 e. The van der Waals surface area contributed by atoms with Crippen molar-refractivity contribution in [2.75, 3.05) is 0 Å². The van der Waals surface area contributed by atoms with E-state index in [4.69, 9.17) is 0 Å². The van der Waals surface area contributed by atoms with E-state index in [2.05, 4.69) is 10.3 Å². The topological polar surface area (TPSA) is 30.7 Å². The second-order valence-electron chi connectivity index (χ2n) is 2.82. The molecule has 0 N–H and O–H groups in total. The Bertz CT molecular complexity index is 281. The van der Waals surface area contributed by atoms with Crippen LogP contribution in [-0.2, 0) is 0 Å². The summed E-state index contributed by atoms with van der Waals surface area (Å²) in [6.07, 6.45) is 1.43. The van der Waals surface area contributed by atoms with Crippen LogP contribution in [0.4, 0.5) is 8.78 Å². The fourth-order valence-corrected chi connectivity index (χ4v) is 1.00. The highest BCUT2D eigenvalue weighted by Gasteiger charge is 2.59. The predicted molar refractivity (Wildman–Crippen MR) is 33.4 cm³/mol. The van der Waals surface area contributed by atoms with E-state index in [9.17, 15) is 8.78 Å². The SMILES string of the molecule is Cc1cn(C2CC2(F)F)nn1. The first-order valence-corrected chi connectivity index (χ1v) is 3.36. The van der Waals surface area contributed by atoms with Crippen molar-refractivity contribution in [1.29, 1.82) is 0 Å². The van der Waals surface area contributed by atoms with E-state index in [1.165, 1.54) is 10.9 Å². The predicted octanol–water partition coefficient (Wildman–Crippen LogP) is 1.17. The van der Waals surface area contributed by atoms with Crippen LogP contribution < -0.4 is 0 Å². The number of aromatic nitrogens is 3. The van der Waals surface area contributed by atoms with Gasteiger partial charge in [-0.1, -0.05) is 5.21 Å². The highest BCUT2D eigenvalue weighted by molar-refractivity contribution is 5.02. The van der Waals surface area contributed by atoms with Crippen LogP contribution >= 0.6 is 0 Å². The van der Waals surface area contributed by atoms with Crippen molar-refractivity contribution in [2.45, 2.75) is 25.3 Å². The van der Waals surface area contributed by atoms with Gasteiger partial charge in [-0.05, 0) is 6.92 Å². The van der Waals surface area contributed by atoms with Crippen LogP contribution in [0.3, 0.4) is 0 Å². The lowest BCUT2D eigenvalue weighted by Gasteiger charge is -1.94. The third kappa shape index (κ3) is 1.00. The quantitative estimate of drug-likeness (QED) is 0.615. The van der Waals surface area contributed by atoms with Crippen LogP contribution in [0, 0.1) is 6.92 Å². The van der Waals surface area contributed by atoms with E-state index in [1.807, 2.05) is 0 Å². The average Bonchev–Trinajstić information content (AvgIpc) is 2.39. The molecule has 2 rings (SSSR count). The summed E-state index contributed by atoms with van der Waals surface area (Å²) in [6.45, 7) is 1.73. The molecule has 0 aromatic carbocycles. The number of halogens is 2. The van der Waals surface area contributed by atoms with Gasteiger partial charge >= 0.3 is 0 Å². The molecule has 1 heterocycles. The third-order valence-corrected chi connectivity index (χ3v) is 1.74. The summed E-state index contributed by atoms with van der Waals surface area (Å²) in [5.41, 5.74) is 0.674. The lowest BCUT2D eigenvalue weighted by Crippen LogP contribution is -2.02. The molecule has 1 aliphatic carbocycles. The fraction of sp³-hybridized carbons (Fsp3) is 0.667. The third-order valence-electron chi connectivity index (χ3n) is 1.74. The van der Waals surface area contributed by atoms with Gasteiger partial charge in [0.15, 0.2) is 0 Å². The van der Waals surface area contributed by atoms with Crippen LogP contribution in [0.25, 0.3) is 0 Å². The van der Waals surface area contributed by atoms with Crippen LogP contribution in [0.15, 0.2) is 6.20 Å². The van der Waals surface area contributed by atoms with Crippen LogP contribution in [0.5, 0.6) is 0 Å².